The van der Waals surface area contributed by atoms with Crippen LogP contribution in [-0.4, -0.2) is 36.8 Å². The SMILES string of the molecule is COC(=O)CCS(=O)(=O)Nc1ccc2nc3n(c(=O)c2c1)CCC3. The second-order valence-corrected chi connectivity index (χ2v) is 7.41. The van der Waals surface area contributed by atoms with Crippen LogP contribution in [0.5, 0.6) is 0 Å². The number of hydrogen-bond donors (Lipinski definition) is 1. The van der Waals surface area contributed by atoms with Crippen molar-refractivity contribution in [2.24, 2.45) is 0 Å². The fraction of sp³-hybridized carbons (Fsp3) is 0.400. The molecule has 9 heteroatoms. The third kappa shape index (κ3) is 3.25. The lowest BCUT2D eigenvalue weighted by atomic mass is 10.2. The van der Waals surface area contributed by atoms with Crippen molar-refractivity contribution in [1.29, 1.82) is 0 Å². The van der Waals surface area contributed by atoms with Crippen LogP contribution in [0.2, 0.25) is 0 Å². The van der Waals surface area contributed by atoms with Crippen molar-refractivity contribution in [2.75, 3.05) is 17.6 Å². The van der Waals surface area contributed by atoms with E-state index < -0.39 is 16.0 Å². The lowest BCUT2D eigenvalue weighted by molar-refractivity contribution is -0.140. The van der Waals surface area contributed by atoms with Crippen LogP contribution in [0.3, 0.4) is 0 Å². The van der Waals surface area contributed by atoms with Gasteiger partial charge in [0, 0.05) is 18.7 Å². The molecule has 0 atom stereocenters. The largest absolute Gasteiger partial charge is 0.469 e. The number of anilines is 1. The van der Waals surface area contributed by atoms with Gasteiger partial charge in [0.2, 0.25) is 10.0 Å². The Balaban J connectivity index is 1.88. The van der Waals surface area contributed by atoms with Gasteiger partial charge in [0.15, 0.2) is 0 Å². The van der Waals surface area contributed by atoms with Crippen LogP contribution >= 0.6 is 0 Å². The van der Waals surface area contributed by atoms with Gasteiger partial charge < -0.3 is 4.74 Å². The van der Waals surface area contributed by atoms with Crippen LogP contribution in [0.25, 0.3) is 10.9 Å². The summed E-state index contributed by atoms with van der Waals surface area (Å²) < 4.78 is 32.4. The first-order chi connectivity index (χ1) is 11.4. The van der Waals surface area contributed by atoms with Crippen molar-refractivity contribution in [1.82, 2.24) is 9.55 Å². The number of rotatable bonds is 5. The van der Waals surface area contributed by atoms with E-state index in [0.29, 0.717) is 17.4 Å². The quantitative estimate of drug-likeness (QED) is 0.793. The van der Waals surface area contributed by atoms with E-state index in [9.17, 15) is 18.0 Å². The van der Waals surface area contributed by atoms with Crippen LogP contribution < -0.4 is 10.3 Å². The Hall–Kier alpha value is -2.42. The summed E-state index contributed by atoms with van der Waals surface area (Å²) in [7, 11) is -2.51. The maximum Gasteiger partial charge on any atom is 0.306 e. The van der Waals surface area contributed by atoms with Crippen LogP contribution in [-0.2, 0) is 32.5 Å². The highest BCUT2D eigenvalue weighted by atomic mass is 32.2. The number of nitrogens with zero attached hydrogens (tertiary/aromatic N) is 2. The van der Waals surface area contributed by atoms with Crippen LogP contribution in [0.1, 0.15) is 18.7 Å². The van der Waals surface area contributed by atoms with Crippen molar-refractivity contribution >= 4 is 32.6 Å². The smallest absolute Gasteiger partial charge is 0.306 e. The molecular weight excluding hydrogens is 334 g/mol. The van der Waals surface area contributed by atoms with Gasteiger partial charge in [0.25, 0.3) is 5.56 Å². The Morgan fingerprint density at radius 1 is 1.42 bits per heavy atom. The molecule has 1 aliphatic heterocycles. The number of aryl methyl sites for hydroxylation is 1. The Bertz CT molecular complexity index is 965. The van der Waals surface area contributed by atoms with Gasteiger partial charge >= 0.3 is 5.97 Å². The molecule has 0 spiro atoms. The number of carbonyl (C=O) groups excluding carboxylic acids is 1. The zero-order valence-electron chi connectivity index (χ0n) is 13.1. The highest BCUT2D eigenvalue weighted by Gasteiger charge is 2.18. The molecule has 128 valence electrons. The normalized spacial score (nSPS) is 13.7. The molecule has 0 saturated carbocycles. The molecule has 2 heterocycles. The first-order valence-corrected chi connectivity index (χ1v) is 9.15. The second kappa shape index (κ2) is 6.23. The number of ether oxygens (including phenoxy) is 1. The fourth-order valence-electron chi connectivity index (χ4n) is 2.70. The summed E-state index contributed by atoms with van der Waals surface area (Å²) in [5, 5.41) is 0.369. The van der Waals surface area contributed by atoms with E-state index in [-0.39, 0.29) is 23.4 Å². The van der Waals surface area contributed by atoms with E-state index in [1.54, 1.807) is 16.7 Å². The van der Waals surface area contributed by atoms with E-state index in [2.05, 4.69) is 14.4 Å². The number of fused-ring (bicyclic) bond motifs is 2. The zero-order valence-corrected chi connectivity index (χ0v) is 13.9. The van der Waals surface area contributed by atoms with Crippen molar-refractivity contribution < 1.29 is 17.9 Å². The molecule has 0 aliphatic carbocycles. The predicted octanol–water partition coefficient (Wildman–Crippen LogP) is 0.647. The average Bonchev–Trinajstić information content (AvgIpc) is 3.02. The van der Waals surface area contributed by atoms with Crippen LogP contribution in [0.15, 0.2) is 23.0 Å². The number of esters is 1. The highest BCUT2D eigenvalue weighted by molar-refractivity contribution is 7.92. The van der Waals surface area contributed by atoms with Gasteiger partial charge in [-0.1, -0.05) is 0 Å². The Morgan fingerprint density at radius 2 is 2.21 bits per heavy atom. The minimum Gasteiger partial charge on any atom is -0.469 e. The van der Waals surface area contributed by atoms with E-state index in [1.165, 1.54) is 13.2 Å². The van der Waals surface area contributed by atoms with E-state index >= 15 is 0 Å². The molecule has 0 amide bonds. The minimum atomic E-state index is -3.71. The minimum absolute atomic E-state index is 0.164. The van der Waals surface area contributed by atoms with E-state index in [4.69, 9.17) is 0 Å². The number of methoxy groups -OCH3 is 1. The van der Waals surface area contributed by atoms with Gasteiger partial charge in [-0.15, -0.1) is 0 Å². The average molecular weight is 351 g/mol. The summed E-state index contributed by atoms with van der Waals surface area (Å²) in [5.74, 6) is -0.227. The molecule has 2 aromatic rings. The lowest BCUT2D eigenvalue weighted by Gasteiger charge is -2.09. The van der Waals surface area contributed by atoms with Gasteiger partial charge in [-0.25, -0.2) is 13.4 Å². The number of nitrogens with one attached hydrogen (secondary N) is 1. The number of aromatic nitrogens is 2. The molecule has 0 bridgehead atoms. The standard InChI is InChI=1S/C15H17N3O5S/c1-23-14(19)6-8-24(21,22)17-10-4-5-12-11(9-10)15(20)18-7-2-3-13(18)16-12/h4-5,9,17H,2-3,6-8H2,1H3. The highest BCUT2D eigenvalue weighted by Crippen LogP contribution is 2.19. The third-order valence-corrected chi connectivity index (χ3v) is 5.18. The summed E-state index contributed by atoms with van der Waals surface area (Å²) in [6, 6.07) is 4.65. The molecule has 1 aromatic heterocycles. The fourth-order valence-corrected chi connectivity index (χ4v) is 3.72. The van der Waals surface area contributed by atoms with Crippen molar-refractivity contribution in [3.63, 3.8) is 0 Å². The molecule has 8 nitrogen and oxygen atoms in total. The van der Waals surface area contributed by atoms with E-state index in [0.717, 1.165) is 18.7 Å². The second-order valence-electron chi connectivity index (χ2n) is 5.57. The molecule has 24 heavy (non-hydrogen) atoms. The number of sulfonamides is 1. The topological polar surface area (TPSA) is 107 Å². The summed E-state index contributed by atoms with van der Waals surface area (Å²) >= 11 is 0. The molecule has 0 fully saturated rings. The Kier molecular flexibility index (Phi) is 4.27. The molecule has 1 aromatic carbocycles. The van der Waals surface area contributed by atoms with Gasteiger partial charge in [-0.05, 0) is 24.6 Å². The van der Waals surface area contributed by atoms with Gasteiger partial charge in [-0.2, -0.15) is 0 Å². The van der Waals surface area contributed by atoms with Crippen LogP contribution in [0.4, 0.5) is 5.69 Å². The predicted molar refractivity (Wildman–Crippen MR) is 88.4 cm³/mol. The molecule has 0 unspecified atom stereocenters. The number of benzene rings is 1. The van der Waals surface area contributed by atoms with Crippen LogP contribution in [0, 0.1) is 0 Å². The lowest BCUT2D eigenvalue weighted by Crippen LogP contribution is -2.22. The Labute approximate surface area is 138 Å². The van der Waals surface area contributed by atoms with Gasteiger partial charge in [0.05, 0.1) is 30.2 Å². The molecule has 1 aliphatic rings. The molecular formula is C15H17N3O5S. The van der Waals surface area contributed by atoms with Gasteiger partial charge in [0.1, 0.15) is 5.82 Å². The Morgan fingerprint density at radius 3 is 2.96 bits per heavy atom. The summed E-state index contributed by atoms with van der Waals surface area (Å²) in [5.41, 5.74) is 0.651. The first-order valence-electron chi connectivity index (χ1n) is 7.50. The molecule has 1 N–H and O–H groups in total. The summed E-state index contributed by atoms with van der Waals surface area (Å²) in [4.78, 5) is 28.0. The maximum atomic E-state index is 12.5. The van der Waals surface area contributed by atoms with Crippen molar-refractivity contribution in [3.8, 4) is 0 Å². The molecule has 0 saturated heterocycles. The monoisotopic (exact) mass is 351 g/mol. The summed E-state index contributed by atoms with van der Waals surface area (Å²) in [6.07, 6.45) is 1.41. The van der Waals surface area contributed by atoms with Gasteiger partial charge in [-0.3, -0.25) is 18.9 Å². The van der Waals surface area contributed by atoms with Crippen molar-refractivity contribution in [2.45, 2.75) is 25.8 Å². The van der Waals surface area contributed by atoms with Crippen molar-refractivity contribution in [3.05, 3.63) is 34.4 Å². The summed E-state index contributed by atoms with van der Waals surface area (Å²) in [6.45, 7) is 0.631. The van der Waals surface area contributed by atoms with E-state index in [1.807, 2.05) is 0 Å². The number of carbonyl (C=O) groups is 1. The number of hydrogen-bond acceptors (Lipinski definition) is 6. The molecule has 0 radical (unpaired) electrons. The third-order valence-electron chi connectivity index (χ3n) is 3.89. The maximum absolute atomic E-state index is 12.5. The molecule has 3 rings (SSSR count). The first kappa shape index (κ1) is 16.4. The zero-order chi connectivity index (χ0) is 17.3.